The van der Waals surface area contributed by atoms with E-state index in [0.717, 1.165) is 11.1 Å². The summed E-state index contributed by atoms with van der Waals surface area (Å²) in [6.45, 7) is 3.83. The van der Waals surface area contributed by atoms with Gasteiger partial charge in [0, 0.05) is 23.6 Å². The summed E-state index contributed by atoms with van der Waals surface area (Å²) >= 11 is 0. The Morgan fingerprint density at radius 2 is 1.80 bits per heavy atom. The summed E-state index contributed by atoms with van der Waals surface area (Å²) in [5.74, 6) is -0.0968. The number of hydrogen-bond donors (Lipinski definition) is 0. The van der Waals surface area contributed by atoms with Crippen LogP contribution in [0.3, 0.4) is 0 Å². The van der Waals surface area contributed by atoms with Gasteiger partial charge in [-0.15, -0.1) is 0 Å². The second kappa shape index (κ2) is 5.65. The van der Waals surface area contributed by atoms with Gasteiger partial charge in [0.1, 0.15) is 0 Å². The van der Waals surface area contributed by atoms with Gasteiger partial charge in [-0.25, -0.2) is 0 Å². The Labute approximate surface area is 117 Å². The molecule has 0 saturated carbocycles. The lowest BCUT2D eigenvalue weighted by atomic mass is 9.96. The fraction of sp³-hybridized carbons (Fsp3) is 0.188. The maximum atomic E-state index is 12.3. The van der Waals surface area contributed by atoms with E-state index in [9.17, 15) is 14.9 Å². The van der Waals surface area contributed by atoms with Crippen molar-refractivity contribution in [3.05, 3.63) is 74.8 Å². The van der Waals surface area contributed by atoms with Crippen molar-refractivity contribution in [2.45, 2.75) is 20.3 Å². The zero-order chi connectivity index (χ0) is 14.7. The summed E-state index contributed by atoms with van der Waals surface area (Å²) in [5, 5.41) is 11.0. The van der Waals surface area contributed by atoms with Crippen LogP contribution in [-0.2, 0) is 6.42 Å². The molecular formula is C16H15NO3. The quantitative estimate of drug-likeness (QED) is 0.483. The molecule has 4 heteroatoms. The van der Waals surface area contributed by atoms with Crippen LogP contribution < -0.4 is 0 Å². The zero-order valence-corrected chi connectivity index (χ0v) is 11.4. The Hall–Kier alpha value is -2.49. The highest BCUT2D eigenvalue weighted by Crippen LogP contribution is 2.21. The first-order valence-electron chi connectivity index (χ1n) is 6.32. The number of ketones is 1. The summed E-state index contributed by atoms with van der Waals surface area (Å²) < 4.78 is 0. The van der Waals surface area contributed by atoms with Crippen molar-refractivity contribution in [2.75, 3.05) is 0 Å². The molecule has 0 atom stereocenters. The Morgan fingerprint density at radius 3 is 2.50 bits per heavy atom. The molecule has 0 fully saturated rings. The van der Waals surface area contributed by atoms with E-state index in [1.165, 1.54) is 6.07 Å². The molecule has 0 radical (unpaired) electrons. The van der Waals surface area contributed by atoms with Gasteiger partial charge in [-0.3, -0.25) is 14.9 Å². The van der Waals surface area contributed by atoms with Crippen LogP contribution in [0.5, 0.6) is 0 Å². The minimum Gasteiger partial charge on any atom is -0.294 e. The second-order valence-electron chi connectivity index (χ2n) is 4.73. The van der Waals surface area contributed by atoms with Crippen molar-refractivity contribution >= 4 is 11.5 Å². The molecule has 0 aliphatic rings. The van der Waals surface area contributed by atoms with Crippen molar-refractivity contribution in [3.63, 3.8) is 0 Å². The molecule has 4 nitrogen and oxygen atoms in total. The Balaban J connectivity index is 2.33. The summed E-state index contributed by atoms with van der Waals surface area (Å²) in [6, 6.07) is 11.9. The number of carbonyl (C=O) groups excluding carboxylic acids is 1. The molecule has 2 rings (SSSR count). The largest absolute Gasteiger partial charge is 0.294 e. The lowest BCUT2D eigenvalue weighted by Crippen LogP contribution is -2.08. The van der Waals surface area contributed by atoms with Gasteiger partial charge in [-0.05, 0) is 25.0 Å². The summed E-state index contributed by atoms with van der Waals surface area (Å²) in [7, 11) is 0. The molecule has 0 aliphatic carbocycles. The number of benzene rings is 2. The number of hydrogen-bond acceptors (Lipinski definition) is 3. The Morgan fingerprint density at radius 1 is 1.10 bits per heavy atom. The molecule has 0 amide bonds. The van der Waals surface area contributed by atoms with Crippen molar-refractivity contribution in [3.8, 4) is 0 Å². The summed E-state index contributed by atoms with van der Waals surface area (Å²) in [4.78, 5) is 22.8. The number of aryl methyl sites for hydroxylation is 1. The average molecular weight is 269 g/mol. The van der Waals surface area contributed by atoms with E-state index >= 15 is 0 Å². The highest BCUT2D eigenvalue weighted by Gasteiger charge is 2.17. The van der Waals surface area contributed by atoms with Crippen LogP contribution >= 0.6 is 0 Å². The number of nitro benzene ring substituents is 1. The lowest BCUT2D eigenvalue weighted by Gasteiger charge is -2.08. The zero-order valence-electron chi connectivity index (χ0n) is 11.4. The van der Waals surface area contributed by atoms with E-state index in [2.05, 4.69) is 0 Å². The predicted octanol–water partition coefficient (Wildman–Crippen LogP) is 3.64. The maximum absolute atomic E-state index is 12.3. The van der Waals surface area contributed by atoms with Crippen molar-refractivity contribution in [2.24, 2.45) is 0 Å². The van der Waals surface area contributed by atoms with Gasteiger partial charge in [0.25, 0.3) is 5.69 Å². The van der Waals surface area contributed by atoms with Crippen LogP contribution in [0, 0.1) is 24.0 Å². The molecule has 2 aromatic carbocycles. The van der Waals surface area contributed by atoms with Gasteiger partial charge in [0.2, 0.25) is 0 Å². The molecular weight excluding hydrogens is 254 g/mol. The fourth-order valence-corrected chi connectivity index (χ4v) is 2.16. The smallest absolute Gasteiger partial charge is 0.273 e. The van der Waals surface area contributed by atoms with Crippen LogP contribution in [0.4, 0.5) is 5.69 Å². The molecule has 0 heterocycles. The monoisotopic (exact) mass is 269 g/mol. The molecule has 0 aromatic heterocycles. The molecule has 2 aromatic rings. The Bertz CT molecular complexity index is 677. The second-order valence-corrected chi connectivity index (χ2v) is 4.73. The molecule has 20 heavy (non-hydrogen) atoms. The minimum absolute atomic E-state index is 0.00819. The van der Waals surface area contributed by atoms with E-state index in [1.807, 2.05) is 26.0 Å². The highest BCUT2D eigenvalue weighted by molar-refractivity contribution is 5.99. The number of para-hydroxylation sites is 1. The van der Waals surface area contributed by atoms with Gasteiger partial charge < -0.3 is 0 Å². The molecule has 0 N–H and O–H groups in total. The van der Waals surface area contributed by atoms with Gasteiger partial charge in [-0.1, -0.05) is 36.4 Å². The lowest BCUT2D eigenvalue weighted by molar-refractivity contribution is -0.385. The van der Waals surface area contributed by atoms with Crippen LogP contribution in [0.1, 0.15) is 27.0 Å². The minimum atomic E-state index is -0.453. The third kappa shape index (κ3) is 2.74. The first-order chi connectivity index (χ1) is 9.50. The topological polar surface area (TPSA) is 60.2 Å². The summed E-state index contributed by atoms with van der Waals surface area (Å²) in [6.07, 6.45) is 0.0431. The number of rotatable bonds is 4. The first-order valence-corrected chi connectivity index (χ1v) is 6.32. The third-order valence-corrected chi connectivity index (χ3v) is 3.44. The normalized spacial score (nSPS) is 10.3. The van der Waals surface area contributed by atoms with Crippen LogP contribution in [0.2, 0.25) is 0 Å². The standard InChI is InChI=1S/C16H15NO3/c1-11-6-5-8-14(12(11)2)16(18)10-13-7-3-4-9-15(13)17(19)20/h3-9H,10H2,1-2H3. The molecule has 102 valence electrons. The number of nitro groups is 1. The van der Waals surface area contributed by atoms with Gasteiger partial charge in [-0.2, -0.15) is 0 Å². The number of nitrogens with zero attached hydrogens (tertiary/aromatic N) is 1. The van der Waals surface area contributed by atoms with Gasteiger partial charge in [0.05, 0.1) is 4.92 Å². The highest BCUT2D eigenvalue weighted by atomic mass is 16.6. The maximum Gasteiger partial charge on any atom is 0.273 e. The molecule has 0 bridgehead atoms. The predicted molar refractivity (Wildman–Crippen MR) is 77.0 cm³/mol. The Kier molecular flexibility index (Phi) is 3.94. The third-order valence-electron chi connectivity index (χ3n) is 3.44. The van der Waals surface area contributed by atoms with E-state index in [4.69, 9.17) is 0 Å². The SMILES string of the molecule is Cc1cccc(C(=O)Cc2ccccc2[N+](=O)[O-])c1C. The van der Waals surface area contributed by atoms with Crippen LogP contribution in [-0.4, -0.2) is 10.7 Å². The molecule has 0 unspecified atom stereocenters. The molecule has 0 spiro atoms. The van der Waals surface area contributed by atoms with Crippen LogP contribution in [0.25, 0.3) is 0 Å². The van der Waals surface area contributed by atoms with Crippen molar-refractivity contribution in [1.82, 2.24) is 0 Å². The number of Topliss-reactive ketones (excluding diaryl/α,β-unsaturated/α-hetero) is 1. The van der Waals surface area contributed by atoms with Gasteiger partial charge >= 0.3 is 0 Å². The van der Waals surface area contributed by atoms with E-state index in [0.29, 0.717) is 11.1 Å². The average Bonchev–Trinajstić information content (AvgIpc) is 2.42. The number of carbonyl (C=O) groups is 1. The van der Waals surface area contributed by atoms with E-state index in [-0.39, 0.29) is 17.9 Å². The molecule has 0 aliphatic heterocycles. The van der Waals surface area contributed by atoms with Crippen LogP contribution in [0.15, 0.2) is 42.5 Å². The summed E-state index contributed by atoms with van der Waals surface area (Å²) in [5.41, 5.74) is 3.03. The molecule has 0 saturated heterocycles. The van der Waals surface area contributed by atoms with E-state index in [1.54, 1.807) is 24.3 Å². The van der Waals surface area contributed by atoms with Crippen molar-refractivity contribution in [1.29, 1.82) is 0 Å². The first kappa shape index (κ1) is 13.9. The fourth-order valence-electron chi connectivity index (χ4n) is 2.16. The van der Waals surface area contributed by atoms with Crippen molar-refractivity contribution < 1.29 is 9.72 Å². The van der Waals surface area contributed by atoms with E-state index < -0.39 is 4.92 Å². The van der Waals surface area contributed by atoms with Gasteiger partial charge in [0.15, 0.2) is 5.78 Å².